The number of Topliss-reactive ketones (excluding diaryl/α,β-unsaturated/α-hetero) is 1. The van der Waals surface area contributed by atoms with Gasteiger partial charge < -0.3 is 4.74 Å². The van der Waals surface area contributed by atoms with E-state index in [-0.39, 0.29) is 5.56 Å². The van der Waals surface area contributed by atoms with Crippen LogP contribution in [0.4, 0.5) is 4.39 Å². The summed E-state index contributed by atoms with van der Waals surface area (Å²) >= 11 is 0. The van der Waals surface area contributed by atoms with Gasteiger partial charge in [-0.2, -0.15) is 0 Å². The van der Waals surface area contributed by atoms with Crippen molar-refractivity contribution in [1.82, 2.24) is 0 Å². The van der Waals surface area contributed by atoms with E-state index in [9.17, 15) is 14.0 Å². The summed E-state index contributed by atoms with van der Waals surface area (Å²) in [6.45, 7) is 1.69. The van der Waals surface area contributed by atoms with Gasteiger partial charge in [0.1, 0.15) is 5.82 Å². The molecular weight excluding hydrogens is 187 g/mol. The van der Waals surface area contributed by atoms with Crippen molar-refractivity contribution in [1.29, 1.82) is 0 Å². The molecule has 1 aromatic rings. The molecule has 0 aliphatic rings. The quantitative estimate of drug-likeness (QED) is 0.409. The van der Waals surface area contributed by atoms with Gasteiger partial charge in [0.15, 0.2) is 0 Å². The summed E-state index contributed by atoms with van der Waals surface area (Å²) in [6, 6.07) is 4.01. The molecule has 4 heteroatoms. The van der Waals surface area contributed by atoms with Crippen LogP contribution < -0.4 is 0 Å². The van der Waals surface area contributed by atoms with Gasteiger partial charge in [0.25, 0.3) is 5.78 Å². The number of carbonyl (C=O) groups excluding carboxylic acids is 2. The molecule has 1 aromatic carbocycles. The van der Waals surface area contributed by atoms with E-state index in [1.165, 1.54) is 12.1 Å². The van der Waals surface area contributed by atoms with Crippen LogP contribution in [0.15, 0.2) is 18.2 Å². The van der Waals surface area contributed by atoms with E-state index < -0.39 is 17.6 Å². The molecule has 3 nitrogen and oxygen atoms in total. The fourth-order valence-electron chi connectivity index (χ4n) is 1.01. The SMILES string of the molecule is COC(=O)C(=O)c1ccc(C)cc1F. The largest absolute Gasteiger partial charge is 0.463 e. The van der Waals surface area contributed by atoms with Crippen LogP contribution in [0.5, 0.6) is 0 Å². The first-order chi connectivity index (χ1) is 6.56. The van der Waals surface area contributed by atoms with Crippen molar-refractivity contribution in [2.24, 2.45) is 0 Å². The minimum atomic E-state index is -1.06. The Bertz CT molecular complexity index is 385. The lowest BCUT2D eigenvalue weighted by Gasteiger charge is -2.01. The number of hydrogen-bond donors (Lipinski definition) is 0. The molecule has 0 aromatic heterocycles. The fourth-order valence-corrected chi connectivity index (χ4v) is 1.01. The molecule has 0 aliphatic carbocycles. The molecule has 0 amide bonds. The van der Waals surface area contributed by atoms with E-state index in [1.807, 2.05) is 0 Å². The molecule has 0 fully saturated rings. The number of ketones is 1. The summed E-state index contributed by atoms with van der Waals surface area (Å²) in [5.41, 5.74) is 0.423. The van der Waals surface area contributed by atoms with Gasteiger partial charge in [-0.15, -0.1) is 0 Å². The first kappa shape index (κ1) is 10.4. The second-order valence-electron chi connectivity index (χ2n) is 2.80. The number of esters is 1. The van der Waals surface area contributed by atoms with E-state index >= 15 is 0 Å². The Kier molecular flexibility index (Phi) is 2.96. The summed E-state index contributed by atoms with van der Waals surface area (Å²) in [5.74, 6) is -2.74. The Morgan fingerprint density at radius 1 is 1.36 bits per heavy atom. The first-order valence-corrected chi connectivity index (χ1v) is 3.95. The number of carbonyl (C=O) groups is 2. The number of ether oxygens (including phenoxy) is 1. The fraction of sp³-hybridized carbons (Fsp3) is 0.200. The highest BCUT2D eigenvalue weighted by molar-refractivity contribution is 6.40. The van der Waals surface area contributed by atoms with Crippen molar-refractivity contribution in [3.63, 3.8) is 0 Å². The van der Waals surface area contributed by atoms with Gasteiger partial charge in [-0.3, -0.25) is 4.79 Å². The van der Waals surface area contributed by atoms with Crippen molar-refractivity contribution in [3.05, 3.63) is 35.1 Å². The molecule has 0 aliphatic heterocycles. The number of aryl methyl sites for hydroxylation is 1. The third-order valence-corrected chi connectivity index (χ3v) is 1.74. The average Bonchev–Trinajstić information content (AvgIpc) is 2.15. The first-order valence-electron chi connectivity index (χ1n) is 3.95. The molecule has 0 saturated heterocycles. The zero-order valence-corrected chi connectivity index (χ0v) is 7.83. The standard InChI is InChI=1S/C10H9FO3/c1-6-3-4-7(8(11)5-6)9(12)10(13)14-2/h3-5H,1-2H3. The van der Waals surface area contributed by atoms with Gasteiger partial charge in [-0.1, -0.05) is 6.07 Å². The van der Waals surface area contributed by atoms with Crippen LogP contribution in [0.25, 0.3) is 0 Å². The van der Waals surface area contributed by atoms with E-state index in [1.54, 1.807) is 13.0 Å². The number of methoxy groups -OCH3 is 1. The molecular formula is C10H9FO3. The Balaban J connectivity index is 3.08. The second kappa shape index (κ2) is 4.00. The minimum absolute atomic E-state index is 0.262. The molecule has 0 radical (unpaired) electrons. The van der Waals surface area contributed by atoms with E-state index in [0.717, 1.165) is 7.11 Å². The smallest absolute Gasteiger partial charge is 0.379 e. The third-order valence-electron chi connectivity index (χ3n) is 1.74. The molecule has 0 unspecified atom stereocenters. The normalized spacial score (nSPS) is 9.64. The molecule has 14 heavy (non-hydrogen) atoms. The lowest BCUT2D eigenvalue weighted by molar-refractivity contribution is -0.135. The lowest BCUT2D eigenvalue weighted by Crippen LogP contribution is -2.17. The number of hydrogen-bond acceptors (Lipinski definition) is 3. The van der Waals surface area contributed by atoms with Gasteiger partial charge in [0, 0.05) is 0 Å². The van der Waals surface area contributed by atoms with Crippen LogP contribution in [0.1, 0.15) is 15.9 Å². The van der Waals surface area contributed by atoms with Crippen molar-refractivity contribution >= 4 is 11.8 Å². The molecule has 0 saturated carbocycles. The highest BCUT2D eigenvalue weighted by atomic mass is 19.1. The van der Waals surface area contributed by atoms with Crippen LogP contribution in [0, 0.1) is 12.7 Å². The Morgan fingerprint density at radius 2 is 2.00 bits per heavy atom. The van der Waals surface area contributed by atoms with Crippen LogP contribution in [-0.2, 0) is 9.53 Å². The Morgan fingerprint density at radius 3 is 2.50 bits per heavy atom. The molecule has 0 bridgehead atoms. The zero-order chi connectivity index (χ0) is 10.7. The number of rotatable bonds is 2. The minimum Gasteiger partial charge on any atom is -0.463 e. The van der Waals surface area contributed by atoms with Gasteiger partial charge in [-0.25, -0.2) is 9.18 Å². The van der Waals surface area contributed by atoms with E-state index in [0.29, 0.717) is 5.56 Å². The maximum absolute atomic E-state index is 13.2. The summed E-state index contributed by atoms with van der Waals surface area (Å²) < 4.78 is 17.4. The molecule has 0 atom stereocenters. The van der Waals surface area contributed by atoms with Crippen LogP contribution in [-0.4, -0.2) is 18.9 Å². The van der Waals surface area contributed by atoms with Crippen LogP contribution >= 0.6 is 0 Å². The van der Waals surface area contributed by atoms with Gasteiger partial charge >= 0.3 is 5.97 Å². The van der Waals surface area contributed by atoms with Gasteiger partial charge in [0.05, 0.1) is 12.7 Å². The Labute approximate surface area is 80.5 Å². The summed E-state index contributed by atoms with van der Waals surface area (Å²) in [4.78, 5) is 22.0. The van der Waals surface area contributed by atoms with E-state index in [4.69, 9.17) is 0 Å². The third kappa shape index (κ3) is 1.96. The van der Waals surface area contributed by atoms with Gasteiger partial charge in [-0.05, 0) is 24.6 Å². The van der Waals surface area contributed by atoms with Crippen molar-refractivity contribution in [2.45, 2.75) is 6.92 Å². The maximum atomic E-state index is 13.2. The highest BCUT2D eigenvalue weighted by Crippen LogP contribution is 2.10. The molecule has 0 heterocycles. The van der Waals surface area contributed by atoms with Crippen LogP contribution in [0.3, 0.4) is 0 Å². The molecule has 74 valence electrons. The lowest BCUT2D eigenvalue weighted by atomic mass is 10.1. The zero-order valence-electron chi connectivity index (χ0n) is 7.83. The molecule has 1 rings (SSSR count). The average molecular weight is 196 g/mol. The predicted octanol–water partition coefficient (Wildman–Crippen LogP) is 1.49. The van der Waals surface area contributed by atoms with Crippen molar-refractivity contribution in [3.8, 4) is 0 Å². The summed E-state index contributed by atoms with van der Waals surface area (Å²) in [7, 11) is 1.08. The van der Waals surface area contributed by atoms with E-state index in [2.05, 4.69) is 4.74 Å². The topological polar surface area (TPSA) is 43.4 Å². The monoisotopic (exact) mass is 196 g/mol. The predicted molar refractivity (Wildman–Crippen MR) is 47.5 cm³/mol. The number of halogens is 1. The summed E-state index contributed by atoms with van der Waals surface area (Å²) in [5, 5.41) is 0. The Hall–Kier alpha value is -1.71. The van der Waals surface area contributed by atoms with Crippen LogP contribution in [0.2, 0.25) is 0 Å². The molecule has 0 spiro atoms. The van der Waals surface area contributed by atoms with Crippen molar-refractivity contribution in [2.75, 3.05) is 7.11 Å². The molecule has 0 N–H and O–H groups in total. The maximum Gasteiger partial charge on any atom is 0.379 e. The second-order valence-corrected chi connectivity index (χ2v) is 2.80. The highest BCUT2D eigenvalue weighted by Gasteiger charge is 2.20. The number of benzene rings is 1. The van der Waals surface area contributed by atoms with Gasteiger partial charge in [0.2, 0.25) is 0 Å². The van der Waals surface area contributed by atoms with Crippen molar-refractivity contribution < 1.29 is 18.7 Å². The summed E-state index contributed by atoms with van der Waals surface area (Å²) in [6.07, 6.45) is 0.